The summed E-state index contributed by atoms with van der Waals surface area (Å²) in [6.45, 7) is 15.9. The summed E-state index contributed by atoms with van der Waals surface area (Å²) in [6.07, 6.45) is 62.6. The van der Waals surface area contributed by atoms with E-state index in [1.807, 2.05) is 0 Å². The van der Waals surface area contributed by atoms with Crippen molar-refractivity contribution < 1.29 is 22.6 Å². The molecular formula is C63H120Cl2FeN3O2. The van der Waals surface area contributed by atoms with Gasteiger partial charge >= 0.3 is 33.3 Å². The standard InChI is InChI=1S/C63H120N3O2.2ClH.Fe/c1-7-9-11-13-15-17-19-21-23-25-27-29-31-33-35-37-39-41-50-67-58-46-48-60(54(3)52-58)64-56(5)62-44-43-45-63(66-62)57(6)65-61-49-47-59(53-55(61)4)68-51-42-40-38-36-34-32-30-28-26-24-22-20-18-16-14-12-10-8-2;;;/h54-55,58-63H,7-53H2,1-6H3;2*1H;/q-1;;;+3/p-2. The summed E-state index contributed by atoms with van der Waals surface area (Å²) in [5.41, 5.74) is 2.52. The van der Waals surface area contributed by atoms with Gasteiger partial charge in [0.15, 0.2) is 0 Å². The molecule has 8 atom stereocenters. The number of rotatable bonds is 44. The Balaban J connectivity index is 0.00000561. The monoisotopic (exact) mass is 1080 g/mol. The molecule has 0 aromatic carbocycles. The Morgan fingerprint density at radius 2 is 0.662 bits per heavy atom. The van der Waals surface area contributed by atoms with Crippen molar-refractivity contribution in [2.45, 2.75) is 367 Å². The van der Waals surface area contributed by atoms with Crippen LogP contribution in [0.25, 0.3) is 5.32 Å². The van der Waals surface area contributed by atoms with Crippen LogP contribution in [0.1, 0.15) is 330 Å². The van der Waals surface area contributed by atoms with E-state index in [4.69, 9.17) is 45.0 Å². The Kier molecular flexibility index (Phi) is 46.2. The van der Waals surface area contributed by atoms with Crippen LogP contribution in [-0.2, 0) is 22.6 Å². The van der Waals surface area contributed by atoms with Gasteiger partial charge in [-0.25, -0.2) is 0 Å². The van der Waals surface area contributed by atoms with Crippen LogP contribution in [0.3, 0.4) is 0 Å². The fourth-order valence-corrected chi connectivity index (χ4v) is 12.1. The zero-order chi connectivity index (χ0) is 51.3. The Hall–Kier alpha value is 0.319. The summed E-state index contributed by atoms with van der Waals surface area (Å²) >= 11 is 0.194. The molecule has 0 radical (unpaired) electrons. The average molecular weight is 1080 g/mol. The van der Waals surface area contributed by atoms with Crippen molar-refractivity contribution in [3.63, 3.8) is 0 Å². The van der Waals surface area contributed by atoms with Crippen LogP contribution in [0.15, 0.2) is 9.98 Å². The van der Waals surface area contributed by atoms with Gasteiger partial charge in [-0.3, -0.25) is 9.98 Å². The quantitative estimate of drug-likeness (QED) is 0.0347. The number of piperidine rings is 1. The Labute approximate surface area is 458 Å². The van der Waals surface area contributed by atoms with Crippen LogP contribution in [0.4, 0.5) is 0 Å². The first kappa shape index (κ1) is 67.4. The first-order chi connectivity index (χ1) is 34.8. The SMILES string of the molecule is CCCCCCCCCCCCCCCCCCCCOC1CCC(N=C(C)C2CCCC(C(C)=NC3CCC(OCCCCCCCCCCCCCCCCCCCC)CC3C)[N-]2)C(C)C1.[Cl][Fe+][Cl]. The second-order valence-corrected chi connectivity index (χ2v) is 25.2. The summed E-state index contributed by atoms with van der Waals surface area (Å²) in [5.74, 6) is 1.16. The van der Waals surface area contributed by atoms with Gasteiger partial charge in [-0.05, 0) is 88.5 Å². The van der Waals surface area contributed by atoms with Crippen LogP contribution in [-0.4, -0.2) is 61.0 Å². The van der Waals surface area contributed by atoms with Gasteiger partial charge in [0.05, 0.1) is 24.3 Å². The van der Waals surface area contributed by atoms with Gasteiger partial charge < -0.3 is 14.8 Å². The van der Waals surface area contributed by atoms with E-state index in [2.05, 4.69) is 41.5 Å². The van der Waals surface area contributed by atoms with Crippen molar-refractivity contribution >= 4 is 31.6 Å². The molecule has 0 amide bonds. The van der Waals surface area contributed by atoms with E-state index in [1.165, 1.54) is 249 Å². The van der Waals surface area contributed by atoms with Crippen molar-refractivity contribution in [1.82, 2.24) is 0 Å². The van der Waals surface area contributed by atoms with Crippen molar-refractivity contribution in [1.29, 1.82) is 0 Å². The van der Waals surface area contributed by atoms with Gasteiger partial charge in [0, 0.05) is 13.2 Å². The molecule has 0 spiro atoms. The Morgan fingerprint density at radius 1 is 0.408 bits per heavy atom. The molecule has 0 aromatic rings. The second-order valence-electron chi connectivity index (χ2n) is 23.4. The van der Waals surface area contributed by atoms with Crippen LogP contribution < -0.4 is 0 Å². The summed E-state index contributed by atoms with van der Waals surface area (Å²) in [6, 6.07) is 1.35. The van der Waals surface area contributed by atoms with Gasteiger partial charge in [-0.2, -0.15) is 0 Å². The molecule has 3 aliphatic rings. The van der Waals surface area contributed by atoms with Crippen LogP contribution in [0.2, 0.25) is 0 Å². The van der Waals surface area contributed by atoms with Crippen LogP contribution in [0, 0.1) is 11.8 Å². The summed E-state index contributed by atoms with van der Waals surface area (Å²) < 4.78 is 12.9. The zero-order valence-electron chi connectivity index (χ0n) is 48.1. The molecule has 1 saturated heterocycles. The second kappa shape index (κ2) is 48.7. The third kappa shape index (κ3) is 36.9. The van der Waals surface area contributed by atoms with Gasteiger partial charge in [0.25, 0.3) is 0 Å². The van der Waals surface area contributed by atoms with Crippen molar-refractivity contribution in [2.75, 3.05) is 13.2 Å². The first-order valence-corrected chi connectivity index (χ1v) is 34.7. The molecule has 5 nitrogen and oxygen atoms in total. The van der Waals surface area contributed by atoms with E-state index in [-0.39, 0.29) is 25.2 Å². The Bertz CT molecular complexity index is 1140. The topological polar surface area (TPSA) is 57.3 Å². The number of ether oxygens (including phenoxy) is 2. The molecule has 1 heterocycles. The van der Waals surface area contributed by atoms with Crippen molar-refractivity contribution in [3.05, 3.63) is 5.32 Å². The number of aliphatic imine (C=N–C) groups is 2. The van der Waals surface area contributed by atoms with E-state index in [0.717, 1.165) is 64.6 Å². The third-order valence-corrected chi connectivity index (χ3v) is 16.9. The Morgan fingerprint density at radius 3 is 0.915 bits per heavy atom. The molecular weight excluding hydrogens is 957 g/mol. The molecule has 1 aliphatic heterocycles. The van der Waals surface area contributed by atoms with Crippen molar-refractivity contribution in [2.24, 2.45) is 21.8 Å². The van der Waals surface area contributed by atoms with Gasteiger partial charge in [-0.1, -0.05) is 277 Å². The predicted octanol–water partition coefficient (Wildman–Crippen LogP) is 21.8. The van der Waals surface area contributed by atoms with Crippen LogP contribution >= 0.6 is 20.2 Å². The molecule has 2 saturated carbocycles. The third-order valence-electron chi connectivity index (χ3n) is 16.9. The van der Waals surface area contributed by atoms with E-state index in [9.17, 15) is 0 Å². The first-order valence-electron chi connectivity index (χ1n) is 31.7. The summed E-state index contributed by atoms with van der Waals surface area (Å²) in [4.78, 5) is 10.8. The molecule has 0 aromatic heterocycles. The molecule has 0 bridgehead atoms. The van der Waals surface area contributed by atoms with Gasteiger partial charge in [0.2, 0.25) is 0 Å². The molecule has 71 heavy (non-hydrogen) atoms. The van der Waals surface area contributed by atoms with E-state index in [0.29, 0.717) is 36.1 Å². The fourth-order valence-electron chi connectivity index (χ4n) is 12.1. The molecule has 421 valence electrons. The van der Waals surface area contributed by atoms with Gasteiger partial charge in [-0.15, -0.1) is 0 Å². The molecule has 3 rings (SSSR count). The molecule has 3 fully saturated rings. The van der Waals surface area contributed by atoms with E-state index in [1.54, 1.807) is 0 Å². The van der Waals surface area contributed by atoms with Gasteiger partial charge in [0.1, 0.15) is 0 Å². The molecule has 0 N–H and O–H groups in total. The fraction of sp³-hybridized carbons (Fsp3) is 0.968. The number of hydrogen-bond acceptors (Lipinski definition) is 4. The molecule has 8 unspecified atom stereocenters. The summed E-state index contributed by atoms with van der Waals surface area (Å²) in [5, 5.41) is 5.41. The number of nitrogens with zero attached hydrogens (tertiary/aromatic N) is 3. The zero-order valence-corrected chi connectivity index (χ0v) is 50.7. The van der Waals surface area contributed by atoms with Crippen LogP contribution in [0.5, 0.6) is 0 Å². The predicted molar refractivity (Wildman–Crippen MR) is 313 cm³/mol. The maximum absolute atomic E-state index is 6.44. The minimum atomic E-state index is 0.194. The van der Waals surface area contributed by atoms with E-state index < -0.39 is 0 Å². The number of unbranched alkanes of at least 4 members (excludes halogenated alkanes) is 34. The normalized spacial score (nSPS) is 24.3. The minimum absolute atomic E-state index is 0.194. The van der Waals surface area contributed by atoms with E-state index >= 15 is 0 Å². The van der Waals surface area contributed by atoms with Crippen molar-refractivity contribution in [3.8, 4) is 0 Å². The maximum atomic E-state index is 6.44. The average Bonchev–Trinajstić information content (AvgIpc) is 3.37. The summed E-state index contributed by atoms with van der Waals surface area (Å²) in [7, 11) is 9.53. The molecule has 8 heteroatoms. The molecule has 2 aliphatic carbocycles. The number of hydrogen-bond donors (Lipinski definition) is 0. The number of halogens is 2.